The largest absolute Gasteiger partial charge is 0.324 e. The second-order valence-electron chi connectivity index (χ2n) is 4.12. The Labute approximate surface area is 99.8 Å². The minimum absolute atomic E-state index is 0.183. The van der Waals surface area contributed by atoms with Gasteiger partial charge in [0.1, 0.15) is 11.2 Å². The molecule has 1 amide bonds. The highest BCUT2D eigenvalue weighted by Gasteiger charge is 2.32. The Kier molecular flexibility index (Phi) is 3.70. The molecule has 0 saturated heterocycles. The van der Waals surface area contributed by atoms with Crippen LogP contribution in [0.15, 0.2) is 24.3 Å². The van der Waals surface area contributed by atoms with Crippen molar-refractivity contribution in [3.8, 4) is 0 Å². The number of carbonyl (C=O) groups excluding carboxylic acids is 2. The fourth-order valence-electron chi connectivity index (χ4n) is 1.00. The van der Waals surface area contributed by atoms with E-state index in [1.807, 2.05) is 0 Å². The third-order valence-electron chi connectivity index (χ3n) is 2.57. The van der Waals surface area contributed by atoms with Crippen LogP contribution in [0.2, 0.25) is 5.02 Å². The van der Waals surface area contributed by atoms with Gasteiger partial charge in [-0.05, 0) is 32.9 Å². The van der Waals surface area contributed by atoms with Crippen molar-refractivity contribution in [2.24, 2.45) is 5.41 Å². The van der Waals surface area contributed by atoms with Crippen LogP contribution in [-0.2, 0) is 9.59 Å². The Morgan fingerprint density at radius 3 is 2.31 bits per heavy atom. The van der Waals surface area contributed by atoms with Crippen LogP contribution in [0.4, 0.5) is 5.69 Å². The van der Waals surface area contributed by atoms with Crippen molar-refractivity contribution in [1.82, 2.24) is 0 Å². The average molecular weight is 240 g/mol. The number of carbonyl (C=O) groups is 2. The van der Waals surface area contributed by atoms with E-state index in [9.17, 15) is 9.59 Å². The van der Waals surface area contributed by atoms with Crippen molar-refractivity contribution in [3.05, 3.63) is 29.3 Å². The Morgan fingerprint density at radius 1 is 1.25 bits per heavy atom. The molecule has 0 unspecified atom stereocenters. The number of halogens is 1. The predicted octanol–water partition coefficient (Wildman–Crippen LogP) is 2.89. The van der Waals surface area contributed by atoms with E-state index in [1.165, 1.54) is 6.92 Å². The highest BCUT2D eigenvalue weighted by atomic mass is 35.5. The lowest BCUT2D eigenvalue weighted by Crippen LogP contribution is -2.36. The molecule has 0 aliphatic heterocycles. The van der Waals surface area contributed by atoms with Gasteiger partial charge in [-0.2, -0.15) is 0 Å². The summed E-state index contributed by atoms with van der Waals surface area (Å²) >= 11 is 5.90. The summed E-state index contributed by atoms with van der Waals surface area (Å²) in [6, 6.07) is 6.91. The third-order valence-corrected chi connectivity index (χ3v) is 2.90. The lowest BCUT2D eigenvalue weighted by Gasteiger charge is -2.20. The number of Topliss-reactive ketones (excluding diaryl/α,β-unsaturated/α-hetero) is 1. The van der Waals surface area contributed by atoms with Gasteiger partial charge in [-0.3, -0.25) is 9.59 Å². The van der Waals surface area contributed by atoms with Crippen LogP contribution in [0.3, 0.4) is 0 Å². The van der Waals surface area contributed by atoms with Gasteiger partial charge in [0.25, 0.3) is 0 Å². The van der Waals surface area contributed by atoms with Crippen LogP contribution < -0.4 is 5.32 Å². The first-order valence-corrected chi connectivity index (χ1v) is 5.30. The molecule has 0 aliphatic carbocycles. The quantitative estimate of drug-likeness (QED) is 0.825. The third kappa shape index (κ3) is 2.61. The lowest BCUT2D eigenvalue weighted by atomic mass is 9.88. The minimum atomic E-state index is -1.04. The van der Waals surface area contributed by atoms with Crippen molar-refractivity contribution in [3.63, 3.8) is 0 Å². The summed E-state index contributed by atoms with van der Waals surface area (Å²) in [6.45, 7) is 4.56. The Balaban J connectivity index is 2.88. The number of anilines is 1. The molecule has 0 saturated carbocycles. The summed E-state index contributed by atoms with van der Waals surface area (Å²) in [5.74, 6) is -0.537. The molecule has 3 nitrogen and oxygen atoms in total. The Bertz CT molecular complexity index is 427. The lowest BCUT2D eigenvalue weighted by molar-refractivity contribution is -0.135. The summed E-state index contributed by atoms with van der Waals surface area (Å²) in [7, 11) is 0. The summed E-state index contributed by atoms with van der Waals surface area (Å²) in [5, 5.41) is 3.09. The van der Waals surface area contributed by atoms with Crippen LogP contribution in [-0.4, -0.2) is 11.7 Å². The summed E-state index contributed by atoms with van der Waals surface area (Å²) < 4.78 is 0. The molecule has 0 atom stereocenters. The van der Waals surface area contributed by atoms with Gasteiger partial charge in [0.15, 0.2) is 0 Å². The maximum atomic E-state index is 11.8. The Morgan fingerprint density at radius 2 is 1.81 bits per heavy atom. The van der Waals surface area contributed by atoms with Gasteiger partial charge in [0, 0.05) is 0 Å². The molecule has 16 heavy (non-hydrogen) atoms. The van der Waals surface area contributed by atoms with E-state index in [-0.39, 0.29) is 11.7 Å². The standard InChI is InChI=1S/C12H14ClNO2/c1-8(15)12(2,3)11(16)14-10-7-5-4-6-9(10)13/h4-7H,1-3H3,(H,14,16). The zero-order valence-electron chi connectivity index (χ0n) is 9.50. The van der Waals surface area contributed by atoms with Gasteiger partial charge < -0.3 is 5.32 Å². The van der Waals surface area contributed by atoms with Crippen LogP contribution in [0.25, 0.3) is 0 Å². The van der Waals surface area contributed by atoms with Gasteiger partial charge in [-0.1, -0.05) is 23.7 Å². The molecule has 0 fully saturated rings. The Hall–Kier alpha value is -1.35. The predicted molar refractivity (Wildman–Crippen MR) is 64.5 cm³/mol. The second kappa shape index (κ2) is 4.66. The van der Waals surface area contributed by atoms with E-state index in [4.69, 9.17) is 11.6 Å². The van der Waals surface area contributed by atoms with E-state index < -0.39 is 5.41 Å². The van der Waals surface area contributed by atoms with Crippen LogP contribution in [0, 0.1) is 5.41 Å². The van der Waals surface area contributed by atoms with E-state index in [0.717, 1.165) is 0 Å². The number of hydrogen-bond acceptors (Lipinski definition) is 2. The van der Waals surface area contributed by atoms with Gasteiger partial charge in [0.2, 0.25) is 5.91 Å². The molecule has 1 N–H and O–H groups in total. The normalized spacial score (nSPS) is 11.0. The molecule has 0 heterocycles. The zero-order valence-corrected chi connectivity index (χ0v) is 10.3. The number of ketones is 1. The second-order valence-corrected chi connectivity index (χ2v) is 4.52. The van der Waals surface area contributed by atoms with Crippen molar-refractivity contribution in [2.45, 2.75) is 20.8 Å². The van der Waals surface area contributed by atoms with E-state index >= 15 is 0 Å². The fourth-order valence-corrected chi connectivity index (χ4v) is 1.18. The molecular weight excluding hydrogens is 226 g/mol. The van der Waals surface area contributed by atoms with E-state index in [1.54, 1.807) is 38.1 Å². The van der Waals surface area contributed by atoms with Crippen LogP contribution >= 0.6 is 11.6 Å². The number of benzene rings is 1. The molecule has 0 aliphatic rings. The summed E-state index contributed by atoms with van der Waals surface area (Å²) in [5.41, 5.74) is -0.525. The van der Waals surface area contributed by atoms with Crippen molar-refractivity contribution >= 4 is 29.0 Å². The van der Waals surface area contributed by atoms with Crippen LogP contribution in [0.5, 0.6) is 0 Å². The van der Waals surface area contributed by atoms with Gasteiger partial charge in [-0.25, -0.2) is 0 Å². The molecule has 0 aromatic heterocycles. The molecule has 0 radical (unpaired) electrons. The summed E-state index contributed by atoms with van der Waals surface area (Å²) in [6.07, 6.45) is 0. The van der Waals surface area contributed by atoms with E-state index in [2.05, 4.69) is 5.32 Å². The number of rotatable bonds is 3. The highest BCUT2D eigenvalue weighted by molar-refractivity contribution is 6.33. The molecular formula is C12H14ClNO2. The average Bonchev–Trinajstić information content (AvgIpc) is 2.21. The molecule has 1 aromatic rings. The molecule has 1 rings (SSSR count). The van der Waals surface area contributed by atoms with Gasteiger partial charge in [-0.15, -0.1) is 0 Å². The zero-order chi connectivity index (χ0) is 12.3. The van der Waals surface area contributed by atoms with Crippen molar-refractivity contribution < 1.29 is 9.59 Å². The first-order chi connectivity index (χ1) is 7.35. The number of para-hydroxylation sites is 1. The van der Waals surface area contributed by atoms with Crippen LogP contribution in [0.1, 0.15) is 20.8 Å². The van der Waals surface area contributed by atoms with Gasteiger partial charge in [0.05, 0.1) is 10.7 Å². The monoisotopic (exact) mass is 239 g/mol. The first kappa shape index (κ1) is 12.7. The SMILES string of the molecule is CC(=O)C(C)(C)C(=O)Nc1ccccc1Cl. The smallest absolute Gasteiger partial charge is 0.237 e. The molecule has 1 aromatic carbocycles. The van der Waals surface area contributed by atoms with E-state index in [0.29, 0.717) is 10.7 Å². The topological polar surface area (TPSA) is 46.2 Å². The molecule has 86 valence electrons. The molecule has 0 bridgehead atoms. The first-order valence-electron chi connectivity index (χ1n) is 4.92. The summed E-state index contributed by atoms with van der Waals surface area (Å²) in [4.78, 5) is 23.1. The number of amides is 1. The van der Waals surface area contributed by atoms with Crippen molar-refractivity contribution in [2.75, 3.05) is 5.32 Å². The highest BCUT2D eigenvalue weighted by Crippen LogP contribution is 2.24. The maximum Gasteiger partial charge on any atom is 0.237 e. The number of hydrogen-bond donors (Lipinski definition) is 1. The van der Waals surface area contributed by atoms with Gasteiger partial charge >= 0.3 is 0 Å². The molecule has 0 spiro atoms. The fraction of sp³-hybridized carbons (Fsp3) is 0.333. The maximum absolute atomic E-state index is 11.8. The molecule has 4 heteroatoms. The van der Waals surface area contributed by atoms with Crippen molar-refractivity contribution in [1.29, 1.82) is 0 Å². The minimum Gasteiger partial charge on any atom is -0.324 e. The number of nitrogens with one attached hydrogen (secondary N) is 1.